The van der Waals surface area contributed by atoms with Crippen LogP contribution in [0.25, 0.3) is 16.5 Å². The summed E-state index contributed by atoms with van der Waals surface area (Å²) < 4.78 is 0. The van der Waals surface area contributed by atoms with Crippen LogP contribution in [0.15, 0.2) is 42.2 Å². The standard InChI is InChI=1S/C24H33N5.C2H6/c1-3-5-10-26-22-16-21(28-23-15-18(4-2)6-8-20(22)23)19-7-9-24(27-17-19)29-13-11-25-12-14-29;1-2/h6-9,15-16,25,27H,3-5,10-14,17H2,1-2H3,(H,26,28);1-2H3. The molecule has 168 valence electrons. The van der Waals surface area contributed by atoms with Crippen molar-refractivity contribution in [3.8, 4) is 0 Å². The number of allylic oxidation sites excluding steroid dienone is 2. The average molecular weight is 422 g/mol. The number of unbranched alkanes of at least 4 members (excludes halogenated alkanes) is 1. The summed E-state index contributed by atoms with van der Waals surface area (Å²) in [6.45, 7) is 14.4. The highest BCUT2D eigenvalue weighted by atomic mass is 15.3. The number of hydrogen-bond acceptors (Lipinski definition) is 5. The lowest BCUT2D eigenvalue weighted by Gasteiger charge is -2.33. The zero-order valence-corrected chi connectivity index (χ0v) is 19.7. The molecule has 0 radical (unpaired) electrons. The van der Waals surface area contributed by atoms with Crippen LogP contribution < -0.4 is 16.0 Å². The van der Waals surface area contributed by atoms with Crippen molar-refractivity contribution in [1.29, 1.82) is 0 Å². The normalized spacial score (nSPS) is 16.1. The molecule has 2 aliphatic heterocycles. The maximum absolute atomic E-state index is 5.03. The molecule has 1 aromatic heterocycles. The Kier molecular flexibility index (Phi) is 8.77. The Morgan fingerprint density at radius 2 is 1.87 bits per heavy atom. The van der Waals surface area contributed by atoms with E-state index in [0.29, 0.717) is 0 Å². The Hall–Kier alpha value is -2.53. The van der Waals surface area contributed by atoms with Crippen LogP contribution >= 0.6 is 0 Å². The second-order valence-corrected chi connectivity index (χ2v) is 7.87. The number of anilines is 1. The number of pyridine rings is 1. The van der Waals surface area contributed by atoms with Crippen LogP contribution in [0.5, 0.6) is 0 Å². The summed E-state index contributed by atoms with van der Waals surface area (Å²) in [5.74, 6) is 1.23. The number of piperazine rings is 1. The van der Waals surface area contributed by atoms with E-state index in [1.165, 1.54) is 40.9 Å². The number of benzene rings is 1. The van der Waals surface area contributed by atoms with Gasteiger partial charge in [-0.1, -0.05) is 52.3 Å². The zero-order valence-electron chi connectivity index (χ0n) is 19.7. The molecule has 0 aliphatic carbocycles. The topological polar surface area (TPSA) is 52.2 Å². The van der Waals surface area contributed by atoms with Crippen LogP contribution in [-0.2, 0) is 6.42 Å². The monoisotopic (exact) mass is 421 g/mol. The minimum Gasteiger partial charge on any atom is -0.384 e. The minimum atomic E-state index is 0.816. The van der Waals surface area contributed by atoms with Crippen LogP contribution in [0.2, 0.25) is 0 Å². The highest BCUT2D eigenvalue weighted by Gasteiger charge is 2.17. The van der Waals surface area contributed by atoms with Crippen molar-refractivity contribution in [2.45, 2.75) is 47.0 Å². The highest BCUT2D eigenvalue weighted by molar-refractivity contribution is 5.93. The van der Waals surface area contributed by atoms with Crippen molar-refractivity contribution in [2.75, 3.05) is 44.6 Å². The summed E-state index contributed by atoms with van der Waals surface area (Å²) in [5.41, 5.74) is 5.91. The summed E-state index contributed by atoms with van der Waals surface area (Å²) in [6, 6.07) is 8.90. The van der Waals surface area contributed by atoms with Gasteiger partial charge in [-0.05, 0) is 42.2 Å². The SMILES string of the molecule is CC.CCCCNc1cc(C2=CC=C(N3CCNCC3)NC2)nc2cc(CC)ccc12. The van der Waals surface area contributed by atoms with E-state index in [1.54, 1.807) is 0 Å². The minimum absolute atomic E-state index is 0.816. The molecule has 0 unspecified atom stereocenters. The van der Waals surface area contributed by atoms with Gasteiger partial charge in [-0.25, -0.2) is 4.98 Å². The molecule has 2 aliphatic rings. The lowest BCUT2D eigenvalue weighted by molar-refractivity contribution is 0.282. The maximum atomic E-state index is 5.03. The predicted molar refractivity (Wildman–Crippen MR) is 134 cm³/mol. The molecule has 31 heavy (non-hydrogen) atoms. The van der Waals surface area contributed by atoms with Crippen molar-refractivity contribution < 1.29 is 0 Å². The second-order valence-electron chi connectivity index (χ2n) is 7.87. The first-order chi connectivity index (χ1) is 15.3. The number of dihydropyridines is 1. The first-order valence-electron chi connectivity index (χ1n) is 12.1. The summed E-state index contributed by atoms with van der Waals surface area (Å²) in [4.78, 5) is 7.45. The van der Waals surface area contributed by atoms with Crippen molar-refractivity contribution in [2.24, 2.45) is 0 Å². The summed E-state index contributed by atoms with van der Waals surface area (Å²) in [6.07, 6.45) is 7.84. The fourth-order valence-corrected chi connectivity index (χ4v) is 3.99. The number of rotatable bonds is 7. The van der Waals surface area contributed by atoms with Gasteiger partial charge in [-0.2, -0.15) is 0 Å². The fourth-order valence-electron chi connectivity index (χ4n) is 3.99. The maximum Gasteiger partial charge on any atom is 0.102 e. The van der Waals surface area contributed by atoms with Gasteiger partial charge in [0.15, 0.2) is 0 Å². The Labute approximate surface area is 188 Å². The van der Waals surface area contributed by atoms with Crippen LogP contribution in [-0.4, -0.2) is 49.2 Å². The van der Waals surface area contributed by atoms with E-state index in [-0.39, 0.29) is 0 Å². The number of aromatic nitrogens is 1. The third-order valence-electron chi connectivity index (χ3n) is 5.82. The number of fused-ring (bicyclic) bond motifs is 1. The molecule has 1 saturated heterocycles. The predicted octanol–water partition coefficient (Wildman–Crippen LogP) is 4.77. The molecule has 3 N–H and O–H groups in total. The van der Waals surface area contributed by atoms with Gasteiger partial charge < -0.3 is 20.9 Å². The van der Waals surface area contributed by atoms with Gasteiger partial charge in [-0.15, -0.1) is 0 Å². The molecule has 0 spiro atoms. The highest BCUT2D eigenvalue weighted by Crippen LogP contribution is 2.28. The van der Waals surface area contributed by atoms with Gasteiger partial charge in [0, 0.05) is 50.3 Å². The van der Waals surface area contributed by atoms with Crippen molar-refractivity contribution >= 4 is 22.2 Å². The van der Waals surface area contributed by atoms with Crippen LogP contribution in [0.1, 0.15) is 51.8 Å². The molecular weight excluding hydrogens is 382 g/mol. The molecule has 3 heterocycles. The van der Waals surface area contributed by atoms with Gasteiger partial charge in [0.05, 0.1) is 11.2 Å². The van der Waals surface area contributed by atoms with Crippen LogP contribution in [0.4, 0.5) is 5.69 Å². The molecule has 5 nitrogen and oxygen atoms in total. The summed E-state index contributed by atoms with van der Waals surface area (Å²) >= 11 is 0. The van der Waals surface area contributed by atoms with Gasteiger partial charge in [0.2, 0.25) is 0 Å². The van der Waals surface area contributed by atoms with Gasteiger partial charge in [0.1, 0.15) is 5.82 Å². The third-order valence-corrected chi connectivity index (χ3v) is 5.82. The number of nitrogens with one attached hydrogen (secondary N) is 3. The largest absolute Gasteiger partial charge is 0.384 e. The zero-order chi connectivity index (χ0) is 22.1. The molecule has 0 amide bonds. The van der Waals surface area contributed by atoms with E-state index in [1.807, 2.05) is 13.8 Å². The van der Waals surface area contributed by atoms with E-state index in [9.17, 15) is 0 Å². The molecule has 0 bridgehead atoms. The molecule has 5 heteroatoms. The van der Waals surface area contributed by atoms with Gasteiger partial charge >= 0.3 is 0 Å². The Morgan fingerprint density at radius 3 is 2.55 bits per heavy atom. The molecule has 0 atom stereocenters. The smallest absolute Gasteiger partial charge is 0.102 e. The molecular formula is C26H39N5. The van der Waals surface area contributed by atoms with E-state index in [2.05, 4.69) is 71.1 Å². The summed E-state index contributed by atoms with van der Waals surface area (Å²) in [5, 5.41) is 11.9. The molecule has 1 aromatic carbocycles. The van der Waals surface area contributed by atoms with E-state index in [4.69, 9.17) is 4.98 Å². The number of aryl methyl sites for hydroxylation is 1. The molecule has 4 rings (SSSR count). The first-order valence-corrected chi connectivity index (χ1v) is 12.1. The molecule has 1 fully saturated rings. The molecule has 0 saturated carbocycles. The Morgan fingerprint density at radius 1 is 1.06 bits per heavy atom. The third kappa shape index (κ3) is 5.79. The van der Waals surface area contributed by atoms with Crippen LogP contribution in [0.3, 0.4) is 0 Å². The van der Waals surface area contributed by atoms with E-state index >= 15 is 0 Å². The lowest BCUT2D eigenvalue weighted by atomic mass is 10.0. The second kappa shape index (κ2) is 11.8. The average Bonchev–Trinajstić information content (AvgIpc) is 2.85. The van der Waals surface area contributed by atoms with Crippen molar-refractivity contribution in [3.05, 3.63) is 53.5 Å². The Bertz CT molecular complexity index is 909. The van der Waals surface area contributed by atoms with E-state index in [0.717, 1.165) is 56.9 Å². The number of hydrogen-bond donors (Lipinski definition) is 3. The summed E-state index contributed by atoms with van der Waals surface area (Å²) in [7, 11) is 0. The van der Waals surface area contributed by atoms with Gasteiger partial charge in [-0.3, -0.25) is 0 Å². The Balaban J connectivity index is 0.00000132. The molecule has 2 aromatic rings. The lowest BCUT2D eigenvalue weighted by Crippen LogP contribution is -2.46. The van der Waals surface area contributed by atoms with Crippen LogP contribution in [0, 0.1) is 0 Å². The van der Waals surface area contributed by atoms with E-state index < -0.39 is 0 Å². The van der Waals surface area contributed by atoms with Crippen molar-refractivity contribution in [1.82, 2.24) is 20.5 Å². The number of nitrogens with zero attached hydrogens (tertiary/aromatic N) is 2. The fraction of sp³-hybridized carbons (Fsp3) is 0.500. The quantitative estimate of drug-likeness (QED) is 0.562. The van der Waals surface area contributed by atoms with Gasteiger partial charge in [0.25, 0.3) is 0 Å². The van der Waals surface area contributed by atoms with Crippen molar-refractivity contribution in [3.63, 3.8) is 0 Å². The first kappa shape index (κ1) is 23.1.